The molecule has 0 N–H and O–H groups in total. The topological polar surface area (TPSA) is 57.0 Å². The Hall–Kier alpha value is -2.21. The lowest BCUT2D eigenvalue weighted by Crippen LogP contribution is -2.23. The molecule has 1 fully saturated rings. The Morgan fingerprint density at radius 3 is 2.32 bits per heavy atom. The van der Waals surface area contributed by atoms with Gasteiger partial charge in [0.25, 0.3) is 0 Å². The number of hydrogen-bond donors (Lipinski definition) is 0. The molecule has 0 bridgehead atoms. The summed E-state index contributed by atoms with van der Waals surface area (Å²) in [7, 11) is 4.90. The van der Waals surface area contributed by atoms with Crippen molar-refractivity contribution in [2.45, 2.75) is 39.3 Å². The molecule has 1 aliphatic rings. The van der Waals surface area contributed by atoms with Crippen LogP contribution in [0.25, 0.3) is 0 Å². The number of benzene rings is 1. The summed E-state index contributed by atoms with van der Waals surface area (Å²) in [5.74, 6) is 2.91. The predicted octanol–water partition coefficient (Wildman–Crippen LogP) is 3.65. The van der Waals surface area contributed by atoms with E-state index in [0.717, 1.165) is 36.5 Å². The highest BCUT2D eigenvalue weighted by molar-refractivity contribution is 5.53. The maximum atomic E-state index is 5.47. The molecule has 1 atom stereocenters. The second-order valence-corrected chi connectivity index (χ2v) is 6.40. The van der Waals surface area contributed by atoms with Crippen molar-refractivity contribution < 1.29 is 18.7 Å². The van der Waals surface area contributed by atoms with Gasteiger partial charge in [0.2, 0.25) is 5.75 Å². The van der Waals surface area contributed by atoms with Gasteiger partial charge in [-0.3, -0.25) is 4.90 Å². The van der Waals surface area contributed by atoms with E-state index in [4.69, 9.17) is 18.7 Å². The molecule has 0 spiro atoms. The normalized spacial score (nSPS) is 17.7. The molecule has 1 aromatic carbocycles. The Bertz CT molecular complexity index is 697. The number of aromatic nitrogens is 1. The first-order chi connectivity index (χ1) is 12.1. The van der Waals surface area contributed by atoms with E-state index < -0.39 is 0 Å². The van der Waals surface area contributed by atoms with Gasteiger partial charge in [0, 0.05) is 18.2 Å². The molecule has 3 rings (SSSR count). The van der Waals surface area contributed by atoms with Crippen molar-refractivity contribution in [1.82, 2.24) is 10.1 Å². The molecular weight excluding hydrogens is 320 g/mol. The Morgan fingerprint density at radius 1 is 1.12 bits per heavy atom. The summed E-state index contributed by atoms with van der Waals surface area (Å²) >= 11 is 0. The molecule has 1 aliphatic heterocycles. The van der Waals surface area contributed by atoms with Crippen LogP contribution in [0.2, 0.25) is 0 Å². The number of methoxy groups -OCH3 is 3. The SMILES string of the molecule is COc1cc(CN2CCC[C@@H]2c2c(C)noc2C)cc(OC)c1OC. The van der Waals surface area contributed by atoms with Crippen LogP contribution in [0.4, 0.5) is 0 Å². The van der Waals surface area contributed by atoms with E-state index in [-0.39, 0.29) is 0 Å². The highest BCUT2D eigenvalue weighted by atomic mass is 16.5. The van der Waals surface area contributed by atoms with Crippen molar-refractivity contribution in [2.24, 2.45) is 0 Å². The Morgan fingerprint density at radius 2 is 1.80 bits per heavy atom. The molecule has 0 saturated carbocycles. The van der Waals surface area contributed by atoms with Gasteiger partial charge in [-0.1, -0.05) is 5.16 Å². The van der Waals surface area contributed by atoms with Crippen molar-refractivity contribution in [3.05, 3.63) is 34.7 Å². The Kier molecular flexibility index (Phi) is 5.18. The molecule has 0 unspecified atom stereocenters. The van der Waals surface area contributed by atoms with Gasteiger partial charge in [-0.15, -0.1) is 0 Å². The molecule has 2 aromatic rings. The van der Waals surface area contributed by atoms with E-state index in [2.05, 4.69) is 10.1 Å². The van der Waals surface area contributed by atoms with E-state index in [1.54, 1.807) is 21.3 Å². The number of nitrogens with zero attached hydrogens (tertiary/aromatic N) is 2. The Balaban J connectivity index is 1.89. The lowest BCUT2D eigenvalue weighted by Gasteiger charge is -2.25. The van der Waals surface area contributed by atoms with Gasteiger partial charge in [-0.2, -0.15) is 0 Å². The van der Waals surface area contributed by atoms with E-state index >= 15 is 0 Å². The quantitative estimate of drug-likeness (QED) is 0.796. The van der Waals surface area contributed by atoms with Gasteiger partial charge in [-0.05, 0) is 50.9 Å². The fourth-order valence-corrected chi connectivity index (χ4v) is 3.77. The maximum absolute atomic E-state index is 5.47. The molecule has 6 heteroatoms. The minimum absolute atomic E-state index is 0.338. The highest BCUT2D eigenvalue weighted by Gasteiger charge is 2.31. The van der Waals surface area contributed by atoms with Gasteiger partial charge in [0.15, 0.2) is 11.5 Å². The number of hydrogen-bond acceptors (Lipinski definition) is 6. The maximum Gasteiger partial charge on any atom is 0.203 e. The number of aryl methyl sites for hydroxylation is 2. The second-order valence-electron chi connectivity index (χ2n) is 6.40. The van der Waals surface area contributed by atoms with E-state index in [1.807, 2.05) is 26.0 Å². The molecule has 0 aliphatic carbocycles. The van der Waals surface area contributed by atoms with Crippen LogP contribution in [0.15, 0.2) is 16.7 Å². The fraction of sp³-hybridized carbons (Fsp3) is 0.526. The summed E-state index contributed by atoms with van der Waals surface area (Å²) in [5.41, 5.74) is 3.34. The van der Waals surface area contributed by atoms with Crippen LogP contribution in [-0.4, -0.2) is 37.9 Å². The van der Waals surface area contributed by atoms with E-state index in [9.17, 15) is 0 Å². The largest absolute Gasteiger partial charge is 0.493 e. The van der Waals surface area contributed by atoms with E-state index in [0.29, 0.717) is 23.3 Å². The summed E-state index contributed by atoms with van der Waals surface area (Å²) in [6, 6.07) is 4.37. The van der Waals surface area contributed by atoms with Crippen LogP contribution in [0.5, 0.6) is 17.2 Å². The number of ether oxygens (including phenoxy) is 3. The smallest absolute Gasteiger partial charge is 0.203 e. The van der Waals surface area contributed by atoms with Gasteiger partial charge in [0.05, 0.1) is 27.0 Å². The van der Waals surface area contributed by atoms with Crippen LogP contribution in [-0.2, 0) is 6.54 Å². The molecule has 25 heavy (non-hydrogen) atoms. The summed E-state index contributed by atoms with van der Waals surface area (Å²) in [4.78, 5) is 2.47. The monoisotopic (exact) mass is 346 g/mol. The summed E-state index contributed by atoms with van der Waals surface area (Å²) in [5, 5.41) is 4.12. The van der Waals surface area contributed by atoms with Crippen LogP contribution >= 0.6 is 0 Å². The number of likely N-dealkylation sites (tertiary alicyclic amines) is 1. The average Bonchev–Trinajstić information content (AvgIpc) is 3.19. The molecular formula is C19H26N2O4. The molecule has 6 nitrogen and oxygen atoms in total. The van der Waals surface area contributed by atoms with Gasteiger partial charge in [-0.25, -0.2) is 0 Å². The van der Waals surface area contributed by atoms with Gasteiger partial charge in [0.1, 0.15) is 5.76 Å². The van der Waals surface area contributed by atoms with Crippen molar-refractivity contribution in [3.63, 3.8) is 0 Å². The highest BCUT2D eigenvalue weighted by Crippen LogP contribution is 2.41. The fourth-order valence-electron chi connectivity index (χ4n) is 3.77. The zero-order valence-electron chi connectivity index (χ0n) is 15.6. The third-order valence-corrected chi connectivity index (χ3v) is 4.90. The third kappa shape index (κ3) is 3.31. The molecule has 2 heterocycles. The van der Waals surface area contributed by atoms with Crippen LogP contribution in [0.3, 0.4) is 0 Å². The summed E-state index contributed by atoms with van der Waals surface area (Å²) < 4.78 is 21.7. The van der Waals surface area contributed by atoms with Gasteiger partial charge < -0.3 is 18.7 Å². The van der Waals surface area contributed by atoms with Crippen molar-refractivity contribution in [1.29, 1.82) is 0 Å². The molecule has 1 saturated heterocycles. The lowest BCUT2D eigenvalue weighted by atomic mass is 10.0. The first kappa shape index (κ1) is 17.6. The predicted molar refractivity (Wildman–Crippen MR) is 94.5 cm³/mol. The minimum Gasteiger partial charge on any atom is -0.493 e. The molecule has 1 aromatic heterocycles. The Labute approximate surface area is 148 Å². The first-order valence-electron chi connectivity index (χ1n) is 8.54. The first-order valence-corrected chi connectivity index (χ1v) is 8.54. The summed E-state index contributed by atoms with van der Waals surface area (Å²) in [6.07, 6.45) is 2.28. The second kappa shape index (κ2) is 7.35. The zero-order valence-corrected chi connectivity index (χ0v) is 15.6. The standard InChI is InChI=1S/C19H26N2O4/c1-12-18(13(2)25-20-12)15-7-6-8-21(15)11-14-9-16(22-3)19(24-5)17(10-14)23-4/h9-10,15H,6-8,11H2,1-5H3/t15-/m1/s1. The third-order valence-electron chi connectivity index (χ3n) is 4.90. The van der Waals surface area contributed by atoms with Gasteiger partial charge >= 0.3 is 0 Å². The van der Waals surface area contributed by atoms with E-state index in [1.165, 1.54) is 12.0 Å². The van der Waals surface area contributed by atoms with Crippen molar-refractivity contribution in [2.75, 3.05) is 27.9 Å². The molecule has 0 amide bonds. The van der Waals surface area contributed by atoms with Crippen molar-refractivity contribution >= 4 is 0 Å². The molecule has 136 valence electrons. The van der Waals surface area contributed by atoms with Crippen LogP contribution in [0.1, 0.15) is 41.5 Å². The van der Waals surface area contributed by atoms with Crippen molar-refractivity contribution in [3.8, 4) is 17.2 Å². The van der Waals surface area contributed by atoms with Crippen LogP contribution < -0.4 is 14.2 Å². The minimum atomic E-state index is 0.338. The average molecular weight is 346 g/mol. The molecule has 0 radical (unpaired) electrons. The lowest BCUT2D eigenvalue weighted by molar-refractivity contribution is 0.244. The zero-order chi connectivity index (χ0) is 18.0. The summed E-state index contributed by atoms with van der Waals surface area (Å²) in [6.45, 7) is 5.86. The van der Waals surface area contributed by atoms with Crippen LogP contribution in [0, 0.1) is 13.8 Å². The number of rotatable bonds is 6.